The zero-order valence-electron chi connectivity index (χ0n) is 16.8. The summed E-state index contributed by atoms with van der Waals surface area (Å²) in [5.74, 6) is -0.986. The van der Waals surface area contributed by atoms with E-state index in [-0.39, 0.29) is 11.4 Å². The van der Waals surface area contributed by atoms with Gasteiger partial charge < -0.3 is 9.30 Å². The molecule has 0 spiro atoms. The third-order valence-corrected chi connectivity index (χ3v) is 8.23. The molecule has 0 amide bonds. The van der Waals surface area contributed by atoms with Gasteiger partial charge in [0.25, 0.3) is 0 Å². The largest absolute Gasteiger partial charge is 0.468 e. The van der Waals surface area contributed by atoms with Crippen LogP contribution in [-0.2, 0) is 25.9 Å². The van der Waals surface area contributed by atoms with Crippen LogP contribution in [0.25, 0.3) is 10.9 Å². The van der Waals surface area contributed by atoms with Crippen molar-refractivity contribution >= 4 is 38.0 Å². The molecule has 6 nitrogen and oxygen atoms in total. The monoisotopic (exact) mass is 458 g/mol. The van der Waals surface area contributed by atoms with E-state index in [0.29, 0.717) is 27.0 Å². The summed E-state index contributed by atoms with van der Waals surface area (Å²) in [4.78, 5) is 16.8. The second kappa shape index (κ2) is 8.24. The second-order valence-electron chi connectivity index (χ2n) is 6.96. The van der Waals surface area contributed by atoms with Crippen molar-refractivity contribution in [2.75, 3.05) is 7.11 Å². The smallest absolute Gasteiger partial charge is 0.325 e. The first-order chi connectivity index (χ1) is 14.8. The molecule has 0 aliphatic heterocycles. The Morgan fingerprint density at radius 1 is 1.23 bits per heavy atom. The van der Waals surface area contributed by atoms with Crippen molar-refractivity contribution in [2.24, 2.45) is 0 Å². The van der Waals surface area contributed by atoms with Crippen molar-refractivity contribution < 1.29 is 22.3 Å². The highest BCUT2D eigenvalue weighted by Crippen LogP contribution is 2.43. The summed E-state index contributed by atoms with van der Waals surface area (Å²) in [6, 6.07) is 12.3. The maximum absolute atomic E-state index is 14.3. The molecule has 1 unspecified atom stereocenters. The van der Waals surface area contributed by atoms with E-state index < -0.39 is 26.9 Å². The van der Waals surface area contributed by atoms with Crippen LogP contribution in [0.2, 0.25) is 0 Å². The lowest BCUT2D eigenvalue weighted by molar-refractivity contribution is -0.141. The average Bonchev–Trinajstić information content (AvgIpc) is 3.37. The maximum Gasteiger partial charge on any atom is 0.325 e. The number of esters is 1. The van der Waals surface area contributed by atoms with E-state index in [1.165, 1.54) is 48.9 Å². The van der Waals surface area contributed by atoms with Crippen LogP contribution in [0.15, 0.2) is 65.1 Å². The van der Waals surface area contributed by atoms with Crippen molar-refractivity contribution in [1.29, 1.82) is 0 Å². The Labute approximate surface area is 182 Å². The van der Waals surface area contributed by atoms with Gasteiger partial charge in [-0.05, 0) is 37.3 Å². The number of carbonyl (C=O) groups excluding carboxylic acids is 1. The van der Waals surface area contributed by atoms with Crippen LogP contribution in [-0.4, -0.2) is 31.0 Å². The quantitative estimate of drug-likeness (QED) is 0.403. The lowest BCUT2D eigenvalue weighted by Gasteiger charge is -2.18. The Kier molecular flexibility index (Phi) is 5.63. The van der Waals surface area contributed by atoms with E-state index >= 15 is 0 Å². The number of methoxy groups -OCH3 is 1. The van der Waals surface area contributed by atoms with E-state index in [4.69, 9.17) is 4.74 Å². The van der Waals surface area contributed by atoms with Gasteiger partial charge in [-0.3, -0.25) is 9.78 Å². The Hall–Kier alpha value is -3.04. The van der Waals surface area contributed by atoms with Gasteiger partial charge in [0.1, 0.15) is 17.6 Å². The van der Waals surface area contributed by atoms with E-state index in [0.717, 1.165) is 0 Å². The van der Waals surface area contributed by atoms with Crippen LogP contribution in [0.3, 0.4) is 0 Å². The lowest BCUT2D eigenvalue weighted by atomic mass is 10.1. The fourth-order valence-corrected chi connectivity index (χ4v) is 6.70. The number of thiazole rings is 1. The number of carbonyl (C=O) groups is 1. The number of hydrogen-bond donors (Lipinski definition) is 0. The molecule has 4 aromatic rings. The van der Waals surface area contributed by atoms with Gasteiger partial charge in [-0.15, -0.1) is 11.3 Å². The van der Waals surface area contributed by atoms with E-state index in [1.807, 2.05) is 0 Å². The van der Waals surface area contributed by atoms with Crippen molar-refractivity contribution in [3.05, 3.63) is 82.2 Å². The highest BCUT2D eigenvalue weighted by Gasteiger charge is 2.36. The van der Waals surface area contributed by atoms with E-state index in [2.05, 4.69) is 4.98 Å². The number of benzene rings is 2. The van der Waals surface area contributed by atoms with Crippen molar-refractivity contribution in [3.8, 4) is 0 Å². The molecule has 0 fully saturated rings. The van der Waals surface area contributed by atoms with E-state index in [9.17, 15) is 17.6 Å². The van der Waals surface area contributed by atoms with Gasteiger partial charge in [0.15, 0.2) is 9.84 Å². The normalized spacial score (nSPS) is 12.7. The molecule has 9 heteroatoms. The predicted molar refractivity (Wildman–Crippen MR) is 116 cm³/mol. The van der Waals surface area contributed by atoms with Crippen molar-refractivity contribution in [1.82, 2.24) is 9.55 Å². The molecular formula is C22H19FN2O4S2. The molecule has 0 radical (unpaired) electrons. The molecule has 0 saturated heterocycles. The first kappa shape index (κ1) is 21.2. The molecule has 0 aliphatic carbocycles. The van der Waals surface area contributed by atoms with Gasteiger partial charge >= 0.3 is 5.97 Å². The molecule has 0 saturated carbocycles. The number of aromatic nitrogens is 2. The van der Waals surface area contributed by atoms with E-state index in [1.54, 1.807) is 41.3 Å². The van der Waals surface area contributed by atoms with Crippen molar-refractivity contribution in [2.45, 2.75) is 23.6 Å². The Morgan fingerprint density at radius 2 is 1.97 bits per heavy atom. The van der Waals surface area contributed by atoms with Gasteiger partial charge in [-0.2, -0.15) is 0 Å². The summed E-state index contributed by atoms with van der Waals surface area (Å²) < 4.78 is 48.3. The maximum atomic E-state index is 14.3. The summed E-state index contributed by atoms with van der Waals surface area (Å²) >= 11 is 1.21. The predicted octanol–water partition coefficient (Wildman–Crippen LogP) is 4.28. The average molecular weight is 459 g/mol. The molecule has 0 N–H and O–H groups in total. The number of sulfone groups is 1. The number of fused-ring (bicyclic) bond motifs is 1. The first-order valence-corrected chi connectivity index (χ1v) is 11.8. The summed E-state index contributed by atoms with van der Waals surface area (Å²) in [7, 11) is -2.62. The number of hydrogen-bond acceptors (Lipinski definition) is 6. The lowest BCUT2D eigenvalue weighted by Crippen LogP contribution is -2.17. The van der Waals surface area contributed by atoms with Crippen LogP contribution in [0.5, 0.6) is 0 Å². The Bertz CT molecular complexity index is 1350. The molecule has 0 aliphatic rings. The molecule has 4 rings (SSSR count). The first-order valence-electron chi connectivity index (χ1n) is 9.37. The van der Waals surface area contributed by atoms with Crippen LogP contribution in [0, 0.1) is 12.7 Å². The number of rotatable bonds is 6. The summed E-state index contributed by atoms with van der Waals surface area (Å²) in [6.07, 6.45) is 1.51. The molecule has 2 heterocycles. The minimum Gasteiger partial charge on any atom is -0.468 e. The van der Waals surface area contributed by atoms with Crippen LogP contribution in [0.1, 0.15) is 21.4 Å². The standard InChI is InChI=1S/C22H19FN2O4S2/c1-14-21(17-10-15(23)8-9-18(17)25(14)12-20(26)29-2)22(19-11-24-13-30-19)31(27,28)16-6-4-3-5-7-16/h3-11,13,22H,12H2,1-2H3. The Morgan fingerprint density at radius 3 is 2.61 bits per heavy atom. The fraction of sp³-hybridized carbons (Fsp3) is 0.182. The highest BCUT2D eigenvalue weighted by atomic mass is 32.2. The SMILES string of the molecule is COC(=O)Cn1c(C)c(C(c2cncs2)S(=O)(=O)c2ccccc2)c2cc(F)ccc21. The summed E-state index contributed by atoms with van der Waals surface area (Å²) in [5.41, 5.74) is 3.08. The van der Waals surface area contributed by atoms with Crippen LogP contribution in [0.4, 0.5) is 4.39 Å². The highest BCUT2D eigenvalue weighted by molar-refractivity contribution is 7.92. The minimum absolute atomic E-state index is 0.120. The zero-order valence-corrected chi connectivity index (χ0v) is 18.4. The molecular weight excluding hydrogens is 439 g/mol. The fourth-order valence-electron chi connectivity index (χ4n) is 3.76. The van der Waals surface area contributed by atoms with Gasteiger partial charge in [-0.25, -0.2) is 12.8 Å². The van der Waals surface area contributed by atoms with Gasteiger partial charge in [0.05, 0.1) is 17.5 Å². The topological polar surface area (TPSA) is 78.3 Å². The number of nitrogens with zero attached hydrogens (tertiary/aromatic N) is 2. The molecule has 160 valence electrons. The van der Waals surface area contributed by atoms with Gasteiger partial charge in [-0.1, -0.05) is 18.2 Å². The van der Waals surface area contributed by atoms with Gasteiger partial charge in [0, 0.05) is 33.2 Å². The van der Waals surface area contributed by atoms with Gasteiger partial charge in [0.2, 0.25) is 0 Å². The Balaban J connectivity index is 2.05. The third-order valence-electron chi connectivity index (χ3n) is 5.20. The molecule has 2 aromatic heterocycles. The van der Waals surface area contributed by atoms with Crippen LogP contribution < -0.4 is 0 Å². The third kappa shape index (κ3) is 3.75. The summed E-state index contributed by atoms with van der Waals surface area (Å²) in [5, 5.41) is -0.676. The molecule has 2 aromatic carbocycles. The summed E-state index contributed by atoms with van der Waals surface area (Å²) in [6.45, 7) is 1.61. The molecule has 31 heavy (non-hydrogen) atoms. The second-order valence-corrected chi connectivity index (χ2v) is 9.92. The van der Waals surface area contributed by atoms with Crippen molar-refractivity contribution in [3.63, 3.8) is 0 Å². The molecule has 1 atom stereocenters. The molecule has 0 bridgehead atoms. The minimum atomic E-state index is -3.91. The zero-order chi connectivity index (χ0) is 22.2. The van der Waals surface area contributed by atoms with Crippen LogP contribution >= 0.6 is 11.3 Å². The number of halogens is 1. The number of ether oxygens (including phenoxy) is 1.